The van der Waals surface area contributed by atoms with Crippen molar-refractivity contribution in [3.63, 3.8) is 0 Å². The van der Waals surface area contributed by atoms with Crippen LogP contribution in [0, 0.1) is 0 Å². The first kappa shape index (κ1) is 3.38. The van der Waals surface area contributed by atoms with Gasteiger partial charge in [0.15, 0.2) is 0 Å². The molecule has 0 radical (unpaired) electrons. The third kappa shape index (κ3) is 1.31. The van der Waals surface area contributed by atoms with Gasteiger partial charge in [-0.05, 0) is 0 Å². The minimum Gasteiger partial charge on any atom is -0.423 e. The van der Waals surface area contributed by atoms with Gasteiger partial charge in [0, 0.05) is 28.9 Å². The van der Waals surface area contributed by atoms with Gasteiger partial charge in [-0.15, -0.1) is 0 Å². The lowest BCUT2D eigenvalue weighted by Crippen LogP contribution is -2.28. The zero-order valence-corrected chi connectivity index (χ0v) is 4.52. The fourth-order valence-electron chi connectivity index (χ4n) is 0.470. The molecule has 0 spiro atoms. The Balaban J connectivity index is 2.92. The Morgan fingerprint density at radius 3 is 3.00 bits per heavy atom. The van der Waals surface area contributed by atoms with E-state index in [9.17, 15) is 0 Å². The van der Waals surface area contributed by atoms with Crippen molar-refractivity contribution in [3.05, 3.63) is 12.4 Å². The lowest BCUT2D eigenvalue weighted by atomic mass is 9.83. The van der Waals surface area contributed by atoms with Crippen LogP contribution in [-0.2, 0) is 6.98 Å². The molecule has 4 nitrogen and oxygen atoms in total. The Hall–Kier alpha value is -0.805. The summed E-state index contributed by atoms with van der Waals surface area (Å²) < 4.78 is 21.4. The molecule has 0 bridgehead atoms. The fraction of sp³-hybridized carbons (Fsp3) is 0.250. The fourth-order valence-corrected chi connectivity index (χ4v) is 0.470. The summed E-state index contributed by atoms with van der Waals surface area (Å²) in [5.74, 6) is 0. The number of hydrogen-bond acceptors (Lipinski definition) is 3. The number of aromatic nitrogens is 2. The monoisotopic (exact) mass is 129 g/mol. The van der Waals surface area contributed by atoms with Gasteiger partial charge in [-0.3, -0.25) is 4.68 Å². The average Bonchev–Trinajstić information content (AvgIpc) is 2.30. The predicted octanol–water partition coefficient (Wildman–Crippen LogP) is -1.90. The first-order chi connectivity index (χ1) is 5.41. The molecule has 0 saturated heterocycles. The van der Waals surface area contributed by atoms with Gasteiger partial charge in [-0.1, -0.05) is 0 Å². The maximum Gasteiger partial charge on any atom is 0.491 e. The van der Waals surface area contributed by atoms with Crippen LogP contribution < -0.4 is 5.46 Å². The quantitative estimate of drug-likeness (QED) is 0.435. The summed E-state index contributed by atoms with van der Waals surface area (Å²) in [6.45, 7) is -2.37. The molecule has 0 aliphatic rings. The molecule has 5 heteroatoms. The van der Waals surface area contributed by atoms with E-state index in [0.717, 1.165) is 12.4 Å². The van der Waals surface area contributed by atoms with Crippen LogP contribution in [0.25, 0.3) is 0 Å². The second-order valence-corrected chi connectivity index (χ2v) is 1.59. The predicted molar refractivity (Wildman–Crippen MR) is 33.0 cm³/mol. The van der Waals surface area contributed by atoms with E-state index in [1.807, 2.05) is 0 Å². The second kappa shape index (κ2) is 2.20. The minimum atomic E-state index is -2.37. The van der Waals surface area contributed by atoms with Gasteiger partial charge in [-0.25, -0.2) is 0 Å². The normalized spacial score (nSPS) is 16.0. The summed E-state index contributed by atoms with van der Waals surface area (Å²) in [5, 5.41) is 20.7. The first-order valence-corrected chi connectivity index (χ1v) is 2.32. The zero-order valence-electron chi connectivity index (χ0n) is 7.52. The topological polar surface area (TPSA) is 58.3 Å². The molecule has 0 aromatic carbocycles. The Bertz CT molecular complexity index is 272. The van der Waals surface area contributed by atoms with E-state index >= 15 is 0 Å². The summed E-state index contributed by atoms with van der Waals surface area (Å²) in [5.41, 5.74) is 0.0612. The van der Waals surface area contributed by atoms with Crippen LogP contribution in [0.3, 0.4) is 0 Å². The maximum absolute atomic E-state index is 8.62. The van der Waals surface area contributed by atoms with E-state index in [2.05, 4.69) is 5.10 Å². The van der Waals surface area contributed by atoms with Crippen LogP contribution in [0.4, 0.5) is 0 Å². The van der Waals surface area contributed by atoms with Gasteiger partial charge in [0.05, 0.1) is 0 Å². The van der Waals surface area contributed by atoms with Crippen molar-refractivity contribution in [2.45, 2.75) is 0 Å². The van der Waals surface area contributed by atoms with Gasteiger partial charge >= 0.3 is 7.12 Å². The molecule has 9 heavy (non-hydrogen) atoms. The molecule has 1 rings (SSSR count). The van der Waals surface area contributed by atoms with E-state index in [4.69, 9.17) is 14.2 Å². The summed E-state index contributed by atoms with van der Waals surface area (Å²) >= 11 is 0. The molecule has 1 aromatic heterocycles. The summed E-state index contributed by atoms with van der Waals surface area (Å²) in [6, 6.07) is 0. The Morgan fingerprint density at radius 2 is 2.67 bits per heavy atom. The van der Waals surface area contributed by atoms with Gasteiger partial charge in [-0.2, -0.15) is 5.10 Å². The lowest BCUT2D eigenvalue weighted by molar-refractivity contribution is 0.425. The largest absolute Gasteiger partial charge is 0.491 e. The molecule has 0 amide bonds. The standard InChI is InChI=1S/C4H7BN2O2/c1-7-3-4(2-6-7)5(8)9/h2-3,8-9H,1H3/i1D3. The van der Waals surface area contributed by atoms with E-state index in [1.54, 1.807) is 0 Å². The maximum atomic E-state index is 8.62. The molecular formula is C4H7BN2O2. The Kier molecular flexibility index (Phi) is 0.829. The zero-order chi connectivity index (χ0) is 9.35. The van der Waals surface area contributed by atoms with E-state index in [0.29, 0.717) is 4.68 Å². The van der Waals surface area contributed by atoms with Crippen molar-refractivity contribution in [1.82, 2.24) is 9.78 Å². The lowest BCUT2D eigenvalue weighted by Gasteiger charge is -1.87. The van der Waals surface area contributed by atoms with Crippen LogP contribution in [-0.4, -0.2) is 26.9 Å². The molecule has 0 unspecified atom stereocenters. The summed E-state index contributed by atoms with van der Waals surface area (Å²) in [6.07, 6.45) is 2.16. The van der Waals surface area contributed by atoms with Gasteiger partial charge in [0.2, 0.25) is 0 Å². The second-order valence-electron chi connectivity index (χ2n) is 1.59. The van der Waals surface area contributed by atoms with Crippen molar-refractivity contribution in [2.75, 3.05) is 0 Å². The Labute approximate surface area is 57.1 Å². The van der Waals surface area contributed by atoms with Gasteiger partial charge < -0.3 is 10.0 Å². The van der Waals surface area contributed by atoms with Crippen LogP contribution in [0.1, 0.15) is 4.11 Å². The van der Waals surface area contributed by atoms with Crippen molar-refractivity contribution in [3.8, 4) is 0 Å². The summed E-state index contributed by atoms with van der Waals surface area (Å²) in [4.78, 5) is 0. The average molecular weight is 129 g/mol. The SMILES string of the molecule is [2H]C([2H])([2H])n1cc(B(O)O)cn1. The third-order valence-corrected chi connectivity index (χ3v) is 0.901. The molecule has 0 atom stereocenters. The highest BCUT2D eigenvalue weighted by atomic mass is 16.4. The molecule has 1 aromatic rings. The smallest absolute Gasteiger partial charge is 0.423 e. The molecule has 0 aliphatic carbocycles. The van der Waals surface area contributed by atoms with E-state index in [-0.39, 0.29) is 5.46 Å². The number of rotatable bonds is 1. The van der Waals surface area contributed by atoms with Crippen LogP contribution in [0.2, 0.25) is 0 Å². The Morgan fingerprint density at radius 1 is 1.89 bits per heavy atom. The van der Waals surface area contributed by atoms with Crippen LogP contribution >= 0.6 is 0 Å². The molecule has 0 aliphatic heterocycles. The summed E-state index contributed by atoms with van der Waals surface area (Å²) in [7, 11) is -1.68. The van der Waals surface area contributed by atoms with Crippen LogP contribution in [0.15, 0.2) is 12.4 Å². The molecule has 48 valence electrons. The van der Waals surface area contributed by atoms with Crippen molar-refractivity contribution in [2.24, 2.45) is 6.98 Å². The van der Waals surface area contributed by atoms with E-state index in [1.165, 1.54) is 0 Å². The molecule has 2 N–H and O–H groups in total. The number of hydrogen-bond donors (Lipinski definition) is 2. The van der Waals surface area contributed by atoms with Crippen molar-refractivity contribution in [1.29, 1.82) is 0 Å². The molecule has 0 saturated carbocycles. The molecule has 1 heterocycles. The molecular weight excluding hydrogens is 119 g/mol. The van der Waals surface area contributed by atoms with Crippen LogP contribution in [0.5, 0.6) is 0 Å². The van der Waals surface area contributed by atoms with Crippen molar-refractivity contribution >= 4 is 12.6 Å². The highest BCUT2D eigenvalue weighted by Crippen LogP contribution is 1.77. The van der Waals surface area contributed by atoms with Gasteiger partial charge in [0.25, 0.3) is 0 Å². The highest BCUT2D eigenvalue weighted by molar-refractivity contribution is 6.58. The molecule has 0 fully saturated rings. The third-order valence-electron chi connectivity index (χ3n) is 0.901. The van der Waals surface area contributed by atoms with E-state index < -0.39 is 14.1 Å². The number of nitrogens with zero attached hydrogens (tertiary/aromatic N) is 2. The first-order valence-electron chi connectivity index (χ1n) is 3.82. The van der Waals surface area contributed by atoms with Gasteiger partial charge in [0.1, 0.15) is 0 Å². The number of aryl methyl sites for hydroxylation is 1. The highest BCUT2D eigenvalue weighted by Gasteiger charge is 2.11. The van der Waals surface area contributed by atoms with Crippen molar-refractivity contribution < 1.29 is 14.2 Å². The minimum absolute atomic E-state index is 0.0612.